The third-order valence-electron chi connectivity index (χ3n) is 3.18. The van der Waals surface area contributed by atoms with Gasteiger partial charge in [0.05, 0.1) is 11.1 Å². The van der Waals surface area contributed by atoms with Crippen LogP contribution in [0, 0.1) is 0 Å². The number of carboxylic acids is 2. The molecule has 0 saturated heterocycles. The molecule has 0 aromatic heterocycles. The Balaban J connectivity index is 2.46. The van der Waals surface area contributed by atoms with Gasteiger partial charge in [0.2, 0.25) is 0 Å². The van der Waals surface area contributed by atoms with Crippen LogP contribution in [-0.2, 0) is 6.42 Å². The smallest absolute Gasteiger partial charge is 0.335 e. The number of rotatable bonds is 5. The van der Waals surface area contributed by atoms with Crippen molar-refractivity contribution >= 4 is 24.6 Å². The first-order chi connectivity index (χ1) is 10.0. The van der Waals surface area contributed by atoms with E-state index in [9.17, 15) is 9.59 Å². The fraction of sp³-hybridized carbons (Fsp3) is 0.125. The summed E-state index contributed by atoms with van der Waals surface area (Å²) in [5, 5.41) is 18.0. The van der Waals surface area contributed by atoms with E-state index in [1.54, 1.807) is 30.3 Å². The molecule has 4 nitrogen and oxygen atoms in total. The van der Waals surface area contributed by atoms with Gasteiger partial charge in [-0.15, -0.1) is 0 Å². The Morgan fingerprint density at radius 2 is 1.48 bits per heavy atom. The first kappa shape index (κ1) is 15.1. The summed E-state index contributed by atoms with van der Waals surface area (Å²) >= 11 is 4.20. The van der Waals surface area contributed by atoms with Crippen molar-refractivity contribution in [2.45, 2.75) is 6.42 Å². The number of carbonyl (C=O) groups is 2. The van der Waals surface area contributed by atoms with Gasteiger partial charge in [-0.25, -0.2) is 9.59 Å². The Morgan fingerprint density at radius 3 is 2.00 bits per heavy atom. The van der Waals surface area contributed by atoms with Crippen LogP contribution in [0.4, 0.5) is 0 Å². The van der Waals surface area contributed by atoms with E-state index < -0.39 is 11.9 Å². The summed E-state index contributed by atoms with van der Waals surface area (Å²) in [6.45, 7) is 0. The topological polar surface area (TPSA) is 74.6 Å². The second-order valence-electron chi connectivity index (χ2n) is 4.53. The molecule has 0 heterocycles. The van der Waals surface area contributed by atoms with Gasteiger partial charge >= 0.3 is 11.9 Å². The van der Waals surface area contributed by atoms with Crippen LogP contribution in [0.25, 0.3) is 11.1 Å². The van der Waals surface area contributed by atoms with Gasteiger partial charge in [-0.05, 0) is 53.1 Å². The molecule has 0 atom stereocenters. The van der Waals surface area contributed by atoms with Crippen molar-refractivity contribution in [2.75, 3.05) is 5.75 Å². The molecule has 5 heteroatoms. The molecule has 2 aromatic carbocycles. The predicted molar refractivity (Wildman–Crippen MR) is 83.4 cm³/mol. The molecule has 0 spiro atoms. The third-order valence-corrected chi connectivity index (χ3v) is 3.40. The second kappa shape index (κ2) is 6.45. The van der Waals surface area contributed by atoms with Crippen LogP contribution in [-0.4, -0.2) is 27.9 Å². The SMILES string of the molecule is O=C(O)c1ccc(-c2ccc(C(=O)O)cc2CCS)cc1. The molecule has 0 bridgehead atoms. The highest BCUT2D eigenvalue weighted by Gasteiger charge is 2.10. The summed E-state index contributed by atoms with van der Waals surface area (Å²) in [6.07, 6.45) is 0.639. The average Bonchev–Trinajstić information content (AvgIpc) is 2.47. The fourth-order valence-corrected chi connectivity index (χ4v) is 2.37. The Hall–Kier alpha value is -2.27. The number of benzene rings is 2. The van der Waals surface area contributed by atoms with Crippen LogP contribution < -0.4 is 0 Å². The molecule has 0 aliphatic carbocycles. The molecule has 2 rings (SSSR count). The number of carboxylic acid groups (broad SMARTS) is 2. The molecule has 2 aromatic rings. The maximum Gasteiger partial charge on any atom is 0.335 e. The van der Waals surface area contributed by atoms with E-state index in [0.717, 1.165) is 16.7 Å². The van der Waals surface area contributed by atoms with Gasteiger partial charge in [-0.2, -0.15) is 12.6 Å². The fourth-order valence-electron chi connectivity index (χ4n) is 2.13. The Kier molecular flexibility index (Phi) is 4.65. The summed E-state index contributed by atoms with van der Waals surface area (Å²) < 4.78 is 0. The predicted octanol–water partition coefficient (Wildman–Crippen LogP) is 3.22. The Bertz CT molecular complexity index is 677. The van der Waals surface area contributed by atoms with E-state index in [0.29, 0.717) is 12.2 Å². The molecule has 0 aliphatic heterocycles. The van der Waals surface area contributed by atoms with Crippen LogP contribution in [0.5, 0.6) is 0 Å². The highest BCUT2D eigenvalue weighted by atomic mass is 32.1. The minimum Gasteiger partial charge on any atom is -0.478 e. The molecule has 0 unspecified atom stereocenters. The van der Waals surface area contributed by atoms with E-state index in [4.69, 9.17) is 10.2 Å². The standard InChI is InChI=1S/C16H14O4S/c17-15(18)11-3-1-10(2-4-11)14-6-5-13(16(19)20)9-12(14)7-8-21/h1-6,9,21H,7-8H2,(H,17,18)(H,19,20). The monoisotopic (exact) mass is 302 g/mol. The highest BCUT2D eigenvalue weighted by molar-refractivity contribution is 7.80. The summed E-state index contributed by atoms with van der Waals surface area (Å²) in [5.41, 5.74) is 3.09. The molecule has 0 saturated carbocycles. The van der Waals surface area contributed by atoms with Crippen molar-refractivity contribution in [2.24, 2.45) is 0 Å². The van der Waals surface area contributed by atoms with Crippen molar-refractivity contribution in [3.63, 3.8) is 0 Å². The van der Waals surface area contributed by atoms with Gasteiger partial charge in [0.25, 0.3) is 0 Å². The molecule has 0 fully saturated rings. The second-order valence-corrected chi connectivity index (χ2v) is 4.98. The molecule has 0 radical (unpaired) electrons. The average molecular weight is 302 g/mol. The lowest BCUT2D eigenvalue weighted by molar-refractivity contribution is 0.0686. The van der Waals surface area contributed by atoms with Gasteiger partial charge < -0.3 is 10.2 Å². The lowest BCUT2D eigenvalue weighted by atomic mass is 9.95. The van der Waals surface area contributed by atoms with E-state index in [2.05, 4.69) is 12.6 Å². The number of thiol groups is 1. The van der Waals surface area contributed by atoms with Crippen molar-refractivity contribution < 1.29 is 19.8 Å². The summed E-state index contributed by atoms with van der Waals surface area (Å²) in [6, 6.07) is 11.4. The summed E-state index contributed by atoms with van der Waals surface area (Å²) in [7, 11) is 0. The van der Waals surface area contributed by atoms with Crippen molar-refractivity contribution in [3.05, 3.63) is 59.2 Å². The van der Waals surface area contributed by atoms with Gasteiger partial charge in [0.1, 0.15) is 0 Å². The molecule has 0 amide bonds. The number of aromatic carboxylic acids is 2. The van der Waals surface area contributed by atoms with Gasteiger partial charge in [0, 0.05) is 0 Å². The zero-order chi connectivity index (χ0) is 15.4. The summed E-state index contributed by atoms with van der Waals surface area (Å²) in [5.74, 6) is -1.34. The normalized spacial score (nSPS) is 10.3. The molecular formula is C16H14O4S. The minimum atomic E-state index is -0.974. The van der Waals surface area contributed by atoms with Crippen molar-refractivity contribution in [3.8, 4) is 11.1 Å². The number of aryl methyl sites for hydroxylation is 1. The first-order valence-electron chi connectivity index (χ1n) is 6.33. The third kappa shape index (κ3) is 3.44. The van der Waals surface area contributed by atoms with Gasteiger partial charge in [0.15, 0.2) is 0 Å². The van der Waals surface area contributed by atoms with Crippen molar-refractivity contribution in [1.29, 1.82) is 0 Å². The minimum absolute atomic E-state index is 0.219. The van der Waals surface area contributed by atoms with Crippen molar-refractivity contribution in [1.82, 2.24) is 0 Å². The molecular weight excluding hydrogens is 288 g/mol. The van der Waals surface area contributed by atoms with Crippen LogP contribution in [0.15, 0.2) is 42.5 Å². The lowest BCUT2D eigenvalue weighted by Crippen LogP contribution is -2.00. The number of hydrogen-bond acceptors (Lipinski definition) is 3. The zero-order valence-corrected chi connectivity index (χ0v) is 12.0. The Labute approximate surface area is 127 Å². The quantitative estimate of drug-likeness (QED) is 0.741. The maximum atomic E-state index is 11.0. The number of hydrogen-bond donors (Lipinski definition) is 3. The highest BCUT2D eigenvalue weighted by Crippen LogP contribution is 2.26. The lowest BCUT2D eigenvalue weighted by Gasteiger charge is -2.10. The maximum absolute atomic E-state index is 11.0. The summed E-state index contributed by atoms with van der Waals surface area (Å²) in [4.78, 5) is 21.9. The van der Waals surface area contributed by atoms with E-state index >= 15 is 0 Å². The molecule has 108 valence electrons. The van der Waals surface area contributed by atoms with Gasteiger partial charge in [-0.1, -0.05) is 18.2 Å². The van der Waals surface area contributed by atoms with Crippen LogP contribution in [0.2, 0.25) is 0 Å². The molecule has 2 N–H and O–H groups in total. The molecule has 21 heavy (non-hydrogen) atoms. The van der Waals surface area contributed by atoms with E-state index in [1.807, 2.05) is 0 Å². The molecule has 0 aliphatic rings. The first-order valence-corrected chi connectivity index (χ1v) is 6.97. The van der Waals surface area contributed by atoms with Crippen LogP contribution >= 0.6 is 12.6 Å². The van der Waals surface area contributed by atoms with E-state index in [-0.39, 0.29) is 11.1 Å². The van der Waals surface area contributed by atoms with Crippen LogP contribution in [0.1, 0.15) is 26.3 Å². The van der Waals surface area contributed by atoms with Crippen LogP contribution in [0.3, 0.4) is 0 Å². The zero-order valence-electron chi connectivity index (χ0n) is 11.1. The van der Waals surface area contributed by atoms with Gasteiger partial charge in [-0.3, -0.25) is 0 Å². The van der Waals surface area contributed by atoms with E-state index in [1.165, 1.54) is 12.1 Å². The Morgan fingerprint density at radius 1 is 0.905 bits per heavy atom. The largest absolute Gasteiger partial charge is 0.478 e.